The van der Waals surface area contributed by atoms with Crippen molar-refractivity contribution in [3.63, 3.8) is 0 Å². The fraction of sp³-hybridized carbons (Fsp3) is 0.500. The van der Waals surface area contributed by atoms with Crippen molar-refractivity contribution in [1.82, 2.24) is 16.0 Å². The Morgan fingerprint density at radius 1 is 1.11 bits per heavy atom. The van der Waals surface area contributed by atoms with E-state index in [-0.39, 0.29) is 25.0 Å². The zero-order chi connectivity index (χ0) is 19.5. The number of benzene rings is 1. The maximum atomic E-state index is 12.1. The van der Waals surface area contributed by atoms with Crippen molar-refractivity contribution in [2.45, 2.75) is 44.4 Å². The zero-order valence-electron chi connectivity index (χ0n) is 15.7. The number of hydrogen-bond acceptors (Lipinski definition) is 4. The molecule has 0 fully saturated rings. The van der Waals surface area contributed by atoms with Gasteiger partial charge < -0.3 is 25.8 Å². The van der Waals surface area contributed by atoms with Crippen LogP contribution in [0, 0.1) is 0 Å². The van der Waals surface area contributed by atoms with Crippen LogP contribution < -0.4 is 16.0 Å². The first kappa shape index (κ1) is 20.9. The van der Waals surface area contributed by atoms with Gasteiger partial charge in [0, 0.05) is 13.1 Å². The summed E-state index contributed by atoms with van der Waals surface area (Å²) in [6.45, 7) is 2.87. The van der Waals surface area contributed by atoms with Crippen LogP contribution in [0.4, 0.5) is 4.79 Å². The second-order valence-electron chi connectivity index (χ2n) is 6.50. The minimum absolute atomic E-state index is 0.107. The molecule has 0 saturated carbocycles. The Morgan fingerprint density at radius 3 is 2.59 bits per heavy atom. The van der Waals surface area contributed by atoms with E-state index in [4.69, 9.17) is 4.74 Å². The van der Waals surface area contributed by atoms with Crippen molar-refractivity contribution < 1.29 is 19.4 Å². The Morgan fingerprint density at radius 2 is 1.89 bits per heavy atom. The van der Waals surface area contributed by atoms with E-state index >= 15 is 0 Å². The fourth-order valence-electron chi connectivity index (χ4n) is 2.82. The molecule has 148 valence electrons. The van der Waals surface area contributed by atoms with Gasteiger partial charge in [-0.05, 0) is 18.4 Å². The Bertz CT molecular complexity index is 621. The summed E-state index contributed by atoms with van der Waals surface area (Å²) in [7, 11) is 0. The molecule has 3 amide bonds. The van der Waals surface area contributed by atoms with Gasteiger partial charge in [0.1, 0.15) is 6.10 Å². The lowest BCUT2D eigenvalue weighted by Gasteiger charge is -2.31. The number of carbonyl (C=O) groups excluding carboxylic acids is 2. The molecular weight excluding hydrogens is 346 g/mol. The number of ether oxygens (including phenoxy) is 1. The second kappa shape index (κ2) is 11.4. The number of rotatable bonds is 9. The molecule has 4 N–H and O–H groups in total. The number of carbonyl (C=O) groups is 2. The largest absolute Gasteiger partial charge is 0.394 e. The first-order valence-electron chi connectivity index (χ1n) is 9.42. The summed E-state index contributed by atoms with van der Waals surface area (Å²) in [5.41, 5.74) is 1.17. The van der Waals surface area contributed by atoms with E-state index in [0.29, 0.717) is 13.1 Å². The third-order valence-electron chi connectivity index (χ3n) is 4.26. The molecule has 1 aliphatic heterocycles. The van der Waals surface area contributed by atoms with Crippen LogP contribution in [0.25, 0.3) is 0 Å². The van der Waals surface area contributed by atoms with Crippen LogP contribution in [-0.4, -0.2) is 55.0 Å². The highest BCUT2D eigenvalue weighted by molar-refractivity contribution is 5.77. The fourth-order valence-corrected chi connectivity index (χ4v) is 2.82. The predicted octanol–water partition coefficient (Wildman–Crippen LogP) is 1.13. The van der Waals surface area contributed by atoms with Crippen LogP contribution in [0.15, 0.2) is 42.5 Å². The molecule has 0 spiro atoms. The zero-order valence-corrected chi connectivity index (χ0v) is 15.7. The van der Waals surface area contributed by atoms with Crippen LogP contribution in [0.2, 0.25) is 0 Å². The topological polar surface area (TPSA) is 99.7 Å². The Labute approximate surface area is 160 Å². The molecule has 7 nitrogen and oxygen atoms in total. The number of urea groups is 1. The third kappa shape index (κ3) is 7.40. The average Bonchev–Trinajstić information content (AvgIpc) is 2.68. The summed E-state index contributed by atoms with van der Waals surface area (Å²) < 4.78 is 5.75. The molecule has 0 saturated heterocycles. The maximum absolute atomic E-state index is 12.1. The number of nitrogens with one attached hydrogen (secondary N) is 3. The van der Waals surface area contributed by atoms with Crippen LogP contribution in [0.1, 0.15) is 25.3 Å². The van der Waals surface area contributed by atoms with Crippen LogP contribution >= 0.6 is 0 Å². The summed E-state index contributed by atoms with van der Waals surface area (Å²) >= 11 is 0. The Kier molecular flexibility index (Phi) is 8.80. The van der Waals surface area contributed by atoms with Crippen LogP contribution in [-0.2, 0) is 16.0 Å². The van der Waals surface area contributed by atoms with E-state index in [1.165, 1.54) is 5.56 Å². The first-order chi connectivity index (χ1) is 13.1. The number of amides is 3. The van der Waals surface area contributed by atoms with Gasteiger partial charge in [-0.1, -0.05) is 49.4 Å². The normalized spacial score (nSPS) is 21.5. The Hall–Kier alpha value is -2.38. The van der Waals surface area contributed by atoms with E-state index in [0.717, 1.165) is 12.8 Å². The van der Waals surface area contributed by atoms with Crippen molar-refractivity contribution in [3.05, 3.63) is 48.0 Å². The summed E-state index contributed by atoms with van der Waals surface area (Å²) in [6.07, 6.45) is 4.32. The molecule has 2 rings (SSSR count). The van der Waals surface area contributed by atoms with Crippen molar-refractivity contribution in [3.8, 4) is 0 Å². The molecule has 1 aromatic carbocycles. The SMILES string of the molecule is CCCNC(=O)N[C@H]1C=C[C@H](CC(=O)NCCc2ccccc2)O[C@H]1CO. The highest BCUT2D eigenvalue weighted by atomic mass is 16.5. The van der Waals surface area contributed by atoms with Gasteiger partial charge in [0.15, 0.2) is 0 Å². The standard InChI is InChI=1S/C20H29N3O4/c1-2-11-22-20(26)23-17-9-8-16(27-18(17)14-24)13-19(25)21-12-10-15-6-4-3-5-7-15/h3-9,16-18,24H,2,10-14H2,1H3,(H,21,25)(H2,22,23,26)/t16-,17+,18+/m1/s1. The molecule has 1 aromatic rings. The average molecular weight is 375 g/mol. The minimum Gasteiger partial charge on any atom is -0.394 e. The lowest BCUT2D eigenvalue weighted by molar-refractivity contribution is -0.125. The van der Waals surface area contributed by atoms with Crippen molar-refractivity contribution >= 4 is 11.9 Å². The molecule has 0 radical (unpaired) electrons. The molecule has 7 heteroatoms. The molecule has 1 heterocycles. The van der Waals surface area contributed by atoms with Gasteiger partial charge in [0.25, 0.3) is 0 Å². The molecule has 3 atom stereocenters. The second-order valence-corrected chi connectivity index (χ2v) is 6.50. The van der Waals surface area contributed by atoms with Gasteiger partial charge in [-0.2, -0.15) is 0 Å². The predicted molar refractivity (Wildman–Crippen MR) is 103 cm³/mol. The molecular formula is C20H29N3O4. The summed E-state index contributed by atoms with van der Waals surface area (Å²) in [6, 6.07) is 9.22. The van der Waals surface area contributed by atoms with Crippen molar-refractivity contribution in [2.24, 2.45) is 0 Å². The van der Waals surface area contributed by atoms with E-state index in [1.54, 1.807) is 12.2 Å². The number of aliphatic hydroxyl groups excluding tert-OH is 1. The van der Waals surface area contributed by atoms with Gasteiger partial charge in [-0.15, -0.1) is 0 Å². The molecule has 0 unspecified atom stereocenters. The smallest absolute Gasteiger partial charge is 0.315 e. The molecule has 1 aliphatic rings. The summed E-state index contributed by atoms with van der Waals surface area (Å²) in [4.78, 5) is 23.9. The molecule has 27 heavy (non-hydrogen) atoms. The maximum Gasteiger partial charge on any atom is 0.315 e. The van der Waals surface area contributed by atoms with Crippen molar-refractivity contribution in [2.75, 3.05) is 19.7 Å². The van der Waals surface area contributed by atoms with E-state index in [2.05, 4.69) is 16.0 Å². The van der Waals surface area contributed by atoms with E-state index in [1.807, 2.05) is 37.3 Å². The van der Waals surface area contributed by atoms with E-state index < -0.39 is 18.2 Å². The Balaban J connectivity index is 1.75. The van der Waals surface area contributed by atoms with Crippen LogP contribution in [0.3, 0.4) is 0 Å². The van der Waals surface area contributed by atoms with Gasteiger partial charge in [-0.25, -0.2) is 4.79 Å². The van der Waals surface area contributed by atoms with Gasteiger partial charge in [0.2, 0.25) is 5.91 Å². The highest BCUT2D eigenvalue weighted by Crippen LogP contribution is 2.15. The van der Waals surface area contributed by atoms with Crippen LogP contribution in [0.5, 0.6) is 0 Å². The minimum atomic E-state index is -0.579. The number of aliphatic hydroxyl groups is 1. The quantitative estimate of drug-likeness (QED) is 0.486. The first-order valence-corrected chi connectivity index (χ1v) is 9.42. The summed E-state index contributed by atoms with van der Waals surface area (Å²) in [5, 5.41) is 17.9. The van der Waals surface area contributed by atoms with Gasteiger partial charge in [0.05, 0.1) is 25.2 Å². The molecule has 0 aliphatic carbocycles. The van der Waals surface area contributed by atoms with E-state index in [9.17, 15) is 14.7 Å². The lowest BCUT2D eigenvalue weighted by Crippen LogP contribution is -2.51. The monoisotopic (exact) mass is 375 g/mol. The highest BCUT2D eigenvalue weighted by Gasteiger charge is 2.28. The summed E-state index contributed by atoms with van der Waals surface area (Å²) in [5.74, 6) is -0.107. The van der Waals surface area contributed by atoms with Crippen molar-refractivity contribution in [1.29, 1.82) is 0 Å². The van der Waals surface area contributed by atoms with Gasteiger partial charge in [-0.3, -0.25) is 4.79 Å². The van der Waals surface area contributed by atoms with Gasteiger partial charge >= 0.3 is 6.03 Å². The number of hydrogen-bond donors (Lipinski definition) is 4. The lowest BCUT2D eigenvalue weighted by atomic mass is 10.0. The molecule has 0 aromatic heterocycles. The third-order valence-corrected chi connectivity index (χ3v) is 4.26. The molecule has 0 bridgehead atoms.